The Bertz CT molecular complexity index is 644. The van der Waals surface area contributed by atoms with Gasteiger partial charge in [0.05, 0.1) is 18.9 Å². The van der Waals surface area contributed by atoms with Gasteiger partial charge in [-0.1, -0.05) is 0 Å². The summed E-state index contributed by atoms with van der Waals surface area (Å²) in [5.74, 6) is 1.10. The molecule has 0 aliphatic heterocycles. The third-order valence-electron chi connectivity index (χ3n) is 2.41. The zero-order chi connectivity index (χ0) is 15.7. The van der Waals surface area contributed by atoms with Gasteiger partial charge in [0, 0.05) is 6.07 Å². The van der Waals surface area contributed by atoms with E-state index in [1.165, 1.54) is 0 Å². The van der Waals surface area contributed by atoms with Crippen LogP contribution in [0.3, 0.4) is 0 Å². The van der Waals surface area contributed by atoms with Crippen LogP contribution in [0.2, 0.25) is 0 Å². The van der Waals surface area contributed by atoms with E-state index < -0.39 is 0 Å². The summed E-state index contributed by atoms with van der Waals surface area (Å²) in [4.78, 5) is 0. The third-order valence-corrected chi connectivity index (χ3v) is 2.41. The monoisotopic (exact) mass is 282 g/mol. The second kappa shape index (κ2) is 8.09. The van der Waals surface area contributed by atoms with Crippen LogP contribution in [0.15, 0.2) is 29.5 Å². The lowest BCUT2D eigenvalue weighted by atomic mass is 10.2. The van der Waals surface area contributed by atoms with Crippen molar-refractivity contribution in [1.29, 1.82) is 15.8 Å². The number of rotatable bonds is 6. The molecule has 0 unspecified atom stereocenters. The van der Waals surface area contributed by atoms with Crippen molar-refractivity contribution in [2.24, 2.45) is 0 Å². The number of nitrogens with one attached hydrogen (secondary N) is 1. The van der Waals surface area contributed by atoms with Crippen LogP contribution in [0.5, 0.6) is 11.5 Å². The van der Waals surface area contributed by atoms with Gasteiger partial charge in [-0.25, -0.2) is 0 Å². The van der Waals surface area contributed by atoms with Crippen LogP contribution < -0.4 is 14.8 Å². The van der Waals surface area contributed by atoms with Crippen molar-refractivity contribution in [2.75, 3.05) is 18.5 Å². The normalized spacial score (nSPS) is 8.71. The molecule has 0 atom stereocenters. The highest BCUT2D eigenvalue weighted by Crippen LogP contribution is 2.30. The number of nitrogens with zero attached hydrogens (tertiary/aromatic N) is 3. The molecule has 1 rings (SSSR count). The molecular weight excluding hydrogens is 268 g/mol. The van der Waals surface area contributed by atoms with Crippen molar-refractivity contribution in [3.63, 3.8) is 0 Å². The van der Waals surface area contributed by atoms with E-state index in [1.807, 2.05) is 13.8 Å². The number of anilines is 1. The van der Waals surface area contributed by atoms with Gasteiger partial charge in [0.25, 0.3) is 0 Å². The highest BCUT2D eigenvalue weighted by atomic mass is 16.5. The molecule has 1 aromatic carbocycles. The van der Waals surface area contributed by atoms with Gasteiger partial charge in [-0.3, -0.25) is 0 Å². The van der Waals surface area contributed by atoms with Crippen molar-refractivity contribution in [3.05, 3.63) is 29.5 Å². The minimum absolute atomic E-state index is 0.130. The second-order valence-electron chi connectivity index (χ2n) is 3.73. The molecule has 6 nitrogen and oxygen atoms in total. The predicted molar refractivity (Wildman–Crippen MR) is 76.3 cm³/mol. The number of hydrogen-bond donors (Lipinski definition) is 1. The van der Waals surface area contributed by atoms with Gasteiger partial charge in [0.15, 0.2) is 5.57 Å². The summed E-state index contributed by atoms with van der Waals surface area (Å²) in [6.07, 6.45) is 0. The molecule has 0 saturated carbocycles. The Kier molecular flexibility index (Phi) is 6.12. The van der Waals surface area contributed by atoms with Crippen LogP contribution in [-0.2, 0) is 0 Å². The first-order chi connectivity index (χ1) is 10.2. The summed E-state index contributed by atoms with van der Waals surface area (Å²) >= 11 is 0. The molecule has 0 fully saturated rings. The lowest BCUT2D eigenvalue weighted by molar-refractivity contribution is 0.332. The predicted octanol–water partition coefficient (Wildman–Crippen LogP) is 2.72. The zero-order valence-electron chi connectivity index (χ0n) is 11.8. The van der Waals surface area contributed by atoms with Crippen LogP contribution in [0.4, 0.5) is 5.69 Å². The first kappa shape index (κ1) is 15.9. The minimum Gasteiger partial charge on any atom is -0.494 e. The van der Waals surface area contributed by atoms with Crippen molar-refractivity contribution >= 4 is 5.69 Å². The van der Waals surface area contributed by atoms with Crippen LogP contribution in [0.25, 0.3) is 0 Å². The van der Waals surface area contributed by atoms with Gasteiger partial charge in [0.2, 0.25) is 0 Å². The van der Waals surface area contributed by atoms with Gasteiger partial charge in [-0.2, -0.15) is 15.8 Å². The first-order valence-corrected chi connectivity index (χ1v) is 6.31. The van der Waals surface area contributed by atoms with Crippen LogP contribution in [-0.4, -0.2) is 13.2 Å². The number of ether oxygens (including phenoxy) is 2. The van der Waals surface area contributed by atoms with Crippen LogP contribution >= 0.6 is 0 Å². The Balaban J connectivity index is 3.24. The standard InChI is InChI=1S/C15H14N4O2/c1-3-20-12-5-6-15(21-4-2)13(7-12)19-14(10-18)11(8-16)9-17/h5-7,19H,3-4H2,1-2H3. The molecule has 1 aromatic rings. The fourth-order valence-electron chi connectivity index (χ4n) is 1.56. The molecule has 0 saturated heterocycles. The fraction of sp³-hybridized carbons (Fsp3) is 0.267. The molecule has 0 aliphatic carbocycles. The highest BCUT2D eigenvalue weighted by molar-refractivity contribution is 5.66. The molecule has 21 heavy (non-hydrogen) atoms. The lowest BCUT2D eigenvalue weighted by Crippen LogP contribution is -2.04. The number of nitriles is 3. The summed E-state index contributed by atoms with van der Waals surface area (Å²) in [5, 5.41) is 29.5. The van der Waals surface area contributed by atoms with Crippen molar-refractivity contribution in [1.82, 2.24) is 0 Å². The Hall–Kier alpha value is -3.17. The molecule has 6 heteroatoms. The number of hydrogen-bond acceptors (Lipinski definition) is 6. The van der Waals surface area contributed by atoms with Crippen molar-refractivity contribution in [3.8, 4) is 29.7 Å². The SMILES string of the molecule is CCOc1ccc(OCC)c(NC(C#N)=C(C#N)C#N)c1. The molecule has 0 heterocycles. The molecule has 0 radical (unpaired) electrons. The Morgan fingerprint density at radius 2 is 1.71 bits per heavy atom. The molecule has 0 amide bonds. The van der Waals surface area contributed by atoms with E-state index in [1.54, 1.807) is 36.4 Å². The van der Waals surface area contributed by atoms with E-state index >= 15 is 0 Å². The quantitative estimate of drug-likeness (QED) is 0.805. The van der Waals surface area contributed by atoms with Crippen molar-refractivity contribution < 1.29 is 9.47 Å². The molecule has 0 spiro atoms. The van der Waals surface area contributed by atoms with Gasteiger partial charge in [0.1, 0.15) is 35.4 Å². The Labute approximate surface area is 123 Å². The van der Waals surface area contributed by atoms with E-state index in [9.17, 15) is 0 Å². The largest absolute Gasteiger partial charge is 0.494 e. The average molecular weight is 282 g/mol. The maximum atomic E-state index is 9.07. The number of allylic oxidation sites excluding steroid dienone is 2. The van der Waals surface area contributed by atoms with E-state index in [-0.39, 0.29) is 11.3 Å². The van der Waals surface area contributed by atoms with E-state index in [0.717, 1.165) is 0 Å². The average Bonchev–Trinajstić information content (AvgIpc) is 2.50. The maximum absolute atomic E-state index is 9.07. The second-order valence-corrected chi connectivity index (χ2v) is 3.73. The van der Waals surface area contributed by atoms with Gasteiger partial charge in [-0.15, -0.1) is 0 Å². The Morgan fingerprint density at radius 3 is 2.24 bits per heavy atom. The first-order valence-electron chi connectivity index (χ1n) is 6.31. The van der Waals surface area contributed by atoms with E-state index in [4.69, 9.17) is 25.3 Å². The minimum atomic E-state index is -0.290. The number of benzene rings is 1. The topological polar surface area (TPSA) is 102 Å². The molecule has 1 N–H and O–H groups in total. The highest BCUT2D eigenvalue weighted by Gasteiger charge is 2.11. The molecule has 0 aromatic heterocycles. The Morgan fingerprint density at radius 1 is 1.05 bits per heavy atom. The molecule has 0 bridgehead atoms. The van der Waals surface area contributed by atoms with Gasteiger partial charge >= 0.3 is 0 Å². The summed E-state index contributed by atoms with van der Waals surface area (Å²) < 4.78 is 10.8. The summed E-state index contributed by atoms with van der Waals surface area (Å²) in [6, 6.07) is 10.2. The zero-order valence-corrected chi connectivity index (χ0v) is 11.8. The maximum Gasteiger partial charge on any atom is 0.163 e. The summed E-state index contributed by atoms with van der Waals surface area (Å²) in [7, 11) is 0. The molecular formula is C15H14N4O2. The van der Waals surface area contributed by atoms with E-state index in [0.29, 0.717) is 30.4 Å². The van der Waals surface area contributed by atoms with Crippen LogP contribution in [0, 0.1) is 34.0 Å². The lowest BCUT2D eigenvalue weighted by Gasteiger charge is -2.13. The summed E-state index contributed by atoms with van der Waals surface area (Å²) in [5.41, 5.74) is 0.0405. The van der Waals surface area contributed by atoms with Crippen LogP contribution in [0.1, 0.15) is 13.8 Å². The summed E-state index contributed by atoms with van der Waals surface area (Å²) in [6.45, 7) is 4.62. The smallest absolute Gasteiger partial charge is 0.163 e. The fourth-order valence-corrected chi connectivity index (χ4v) is 1.56. The van der Waals surface area contributed by atoms with E-state index in [2.05, 4.69) is 5.32 Å². The van der Waals surface area contributed by atoms with Gasteiger partial charge < -0.3 is 14.8 Å². The van der Waals surface area contributed by atoms with Crippen molar-refractivity contribution in [2.45, 2.75) is 13.8 Å². The molecule has 0 aliphatic rings. The molecule has 106 valence electrons. The third kappa shape index (κ3) is 4.16. The van der Waals surface area contributed by atoms with Gasteiger partial charge in [-0.05, 0) is 26.0 Å².